The minimum absolute atomic E-state index is 0.0657. The first-order valence-corrected chi connectivity index (χ1v) is 14.1. The summed E-state index contributed by atoms with van der Waals surface area (Å²) in [6, 6.07) is 23.2. The molecule has 9 heteroatoms. The van der Waals surface area contributed by atoms with Crippen molar-refractivity contribution >= 4 is 43.5 Å². The average molecular weight is 587 g/mol. The molecule has 0 aliphatic carbocycles. The number of sulfonamides is 1. The lowest BCUT2D eigenvalue weighted by atomic mass is 10.1. The lowest BCUT2D eigenvalue weighted by molar-refractivity contribution is -0.140. The summed E-state index contributed by atoms with van der Waals surface area (Å²) in [6.45, 7) is 6.91. The van der Waals surface area contributed by atoms with Gasteiger partial charge in [-0.25, -0.2) is 8.42 Å². The monoisotopic (exact) mass is 585 g/mol. The Hall–Kier alpha value is -3.17. The van der Waals surface area contributed by atoms with Gasteiger partial charge in [-0.2, -0.15) is 0 Å². The zero-order valence-electron chi connectivity index (χ0n) is 21.4. The third kappa shape index (κ3) is 7.66. The molecule has 0 bridgehead atoms. The fourth-order valence-corrected chi connectivity index (χ4v) is 5.53. The van der Waals surface area contributed by atoms with Gasteiger partial charge >= 0.3 is 0 Å². The Bertz CT molecular complexity index is 1330. The SMILES string of the molecule is C[C@@H](C(=O)NC(C)(C)C)N(Cc1ccccc1)C(=O)CN(c1cccc(Br)c1)S(=O)(=O)c1ccccc1. The minimum atomic E-state index is -4.08. The van der Waals surface area contributed by atoms with Crippen LogP contribution in [0.4, 0.5) is 5.69 Å². The number of carbonyl (C=O) groups is 2. The number of nitrogens with one attached hydrogen (secondary N) is 1. The molecule has 7 nitrogen and oxygen atoms in total. The van der Waals surface area contributed by atoms with Crippen molar-refractivity contribution in [1.82, 2.24) is 10.2 Å². The molecule has 3 aromatic rings. The van der Waals surface area contributed by atoms with Crippen molar-refractivity contribution in [2.75, 3.05) is 10.8 Å². The molecule has 0 heterocycles. The van der Waals surface area contributed by atoms with Crippen LogP contribution in [0, 0.1) is 0 Å². The van der Waals surface area contributed by atoms with Crippen LogP contribution in [0.1, 0.15) is 33.3 Å². The van der Waals surface area contributed by atoms with Gasteiger partial charge in [0.15, 0.2) is 0 Å². The molecule has 2 amide bonds. The first-order chi connectivity index (χ1) is 17.4. The summed E-state index contributed by atoms with van der Waals surface area (Å²) in [7, 11) is -4.08. The Morgan fingerprint density at radius 2 is 1.51 bits per heavy atom. The van der Waals surface area contributed by atoms with Gasteiger partial charge in [-0.05, 0) is 63.6 Å². The van der Waals surface area contributed by atoms with Crippen molar-refractivity contribution in [2.45, 2.75) is 50.7 Å². The van der Waals surface area contributed by atoms with Crippen molar-refractivity contribution in [3.8, 4) is 0 Å². The van der Waals surface area contributed by atoms with Gasteiger partial charge in [-0.1, -0.05) is 70.5 Å². The van der Waals surface area contributed by atoms with E-state index in [1.165, 1.54) is 17.0 Å². The second kappa shape index (κ2) is 11.9. The average Bonchev–Trinajstić information content (AvgIpc) is 2.85. The van der Waals surface area contributed by atoms with Gasteiger partial charge in [-0.3, -0.25) is 13.9 Å². The molecule has 0 fully saturated rings. The summed E-state index contributed by atoms with van der Waals surface area (Å²) in [5.41, 5.74) is 0.662. The van der Waals surface area contributed by atoms with Crippen molar-refractivity contribution in [3.63, 3.8) is 0 Å². The van der Waals surface area contributed by atoms with Crippen molar-refractivity contribution < 1.29 is 18.0 Å². The van der Waals surface area contributed by atoms with Gasteiger partial charge in [0.1, 0.15) is 12.6 Å². The number of anilines is 1. The van der Waals surface area contributed by atoms with Gasteiger partial charge in [0.2, 0.25) is 11.8 Å². The van der Waals surface area contributed by atoms with Crippen molar-refractivity contribution in [1.29, 1.82) is 0 Å². The molecule has 3 rings (SSSR count). The molecule has 3 aromatic carbocycles. The maximum atomic E-state index is 13.8. The summed E-state index contributed by atoms with van der Waals surface area (Å²) in [5, 5.41) is 2.92. The zero-order chi connectivity index (χ0) is 27.2. The molecule has 1 N–H and O–H groups in total. The highest BCUT2D eigenvalue weighted by atomic mass is 79.9. The highest BCUT2D eigenvalue weighted by Crippen LogP contribution is 2.27. The maximum Gasteiger partial charge on any atom is 0.264 e. The van der Waals surface area contributed by atoms with Gasteiger partial charge in [-0.15, -0.1) is 0 Å². The molecule has 196 valence electrons. The predicted octanol–water partition coefficient (Wildman–Crippen LogP) is 4.98. The van der Waals surface area contributed by atoms with Crippen LogP contribution < -0.4 is 9.62 Å². The fourth-order valence-electron chi connectivity index (χ4n) is 3.72. The molecular weight excluding hydrogens is 554 g/mol. The van der Waals surface area contributed by atoms with E-state index in [1.807, 2.05) is 51.1 Å². The van der Waals surface area contributed by atoms with Crippen LogP contribution in [0.25, 0.3) is 0 Å². The largest absolute Gasteiger partial charge is 0.350 e. The van der Waals surface area contributed by atoms with E-state index in [4.69, 9.17) is 0 Å². The number of hydrogen-bond donors (Lipinski definition) is 1. The second-order valence-corrected chi connectivity index (χ2v) is 12.5. The molecule has 0 saturated carbocycles. The third-order valence-corrected chi connectivity index (χ3v) is 7.85. The Kier molecular flexibility index (Phi) is 9.15. The van der Waals surface area contributed by atoms with Crippen molar-refractivity contribution in [3.05, 3.63) is 95.0 Å². The summed E-state index contributed by atoms with van der Waals surface area (Å²) in [4.78, 5) is 28.4. The minimum Gasteiger partial charge on any atom is -0.350 e. The summed E-state index contributed by atoms with van der Waals surface area (Å²) < 4.78 is 29.2. The van der Waals surface area contributed by atoms with E-state index in [-0.39, 0.29) is 17.3 Å². The molecule has 0 saturated heterocycles. The predicted molar refractivity (Wildman–Crippen MR) is 149 cm³/mol. The highest BCUT2D eigenvalue weighted by molar-refractivity contribution is 9.10. The Balaban J connectivity index is 2.01. The smallest absolute Gasteiger partial charge is 0.264 e. The number of nitrogens with zero attached hydrogens (tertiary/aromatic N) is 2. The Labute approximate surface area is 227 Å². The molecule has 0 aliphatic heterocycles. The molecule has 0 unspecified atom stereocenters. The number of carbonyl (C=O) groups excluding carboxylic acids is 2. The fraction of sp³-hybridized carbons (Fsp3) is 0.286. The van der Waals surface area contributed by atoms with E-state index >= 15 is 0 Å². The number of hydrogen-bond acceptors (Lipinski definition) is 4. The van der Waals surface area contributed by atoms with E-state index in [1.54, 1.807) is 49.4 Å². The first kappa shape index (κ1) is 28.4. The van der Waals surface area contributed by atoms with Gasteiger partial charge in [0.05, 0.1) is 10.6 Å². The van der Waals surface area contributed by atoms with Gasteiger partial charge < -0.3 is 10.2 Å². The molecule has 0 spiro atoms. The third-order valence-electron chi connectivity index (χ3n) is 5.57. The van der Waals surface area contributed by atoms with Gasteiger partial charge in [0, 0.05) is 16.6 Å². The molecule has 0 aliphatic rings. The van der Waals surface area contributed by atoms with E-state index in [9.17, 15) is 18.0 Å². The van der Waals surface area contributed by atoms with Crippen LogP contribution in [0.15, 0.2) is 94.3 Å². The Morgan fingerprint density at radius 3 is 2.08 bits per heavy atom. The maximum absolute atomic E-state index is 13.8. The Morgan fingerprint density at radius 1 is 0.919 bits per heavy atom. The quantitative estimate of drug-likeness (QED) is 0.384. The van der Waals surface area contributed by atoms with E-state index in [2.05, 4.69) is 21.2 Å². The molecule has 0 aromatic heterocycles. The molecular formula is C28H32BrN3O4S. The van der Waals surface area contributed by atoms with E-state index < -0.39 is 34.1 Å². The highest BCUT2D eigenvalue weighted by Gasteiger charge is 2.33. The summed E-state index contributed by atoms with van der Waals surface area (Å²) >= 11 is 3.39. The molecule has 37 heavy (non-hydrogen) atoms. The number of benzene rings is 3. The van der Waals surface area contributed by atoms with Crippen LogP contribution in [0.5, 0.6) is 0 Å². The molecule has 0 radical (unpaired) electrons. The number of rotatable bonds is 9. The van der Waals surface area contributed by atoms with Crippen LogP contribution in [0.2, 0.25) is 0 Å². The van der Waals surface area contributed by atoms with Crippen LogP contribution in [-0.4, -0.2) is 43.3 Å². The number of halogens is 1. The second-order valence-electron chi connectivity index (χ2n) is 9.73. The lowest BCUT2D eigenvalue weighted by Crippen LogP contribution is -2.54. The summed E-state index contributed by atoms with van der Waals surface area (Å²) in [5.74, 6) is -0.823. The first-order valence-electron chi connectivity index (χ1n) is 11.9. The normalized spacial score (nSPS) is 12.5. The van der Waals surface area contributed by atoms with Gasteiger partial charge in [0.25, 0.3) is 10.0 Å². The molecule has 1 atom stereocenters. The number of amides is 2. The topological polar surface area (TPSA) is 86.8 Å². The zero-order valence-corrected chi connectivity index (χ0v) is 23.8. The lowest BCUT2D eigenvalue weighted by Gasteiger charge is -2.33. The van der Waals surface area contributed by atoms with Crippen molar-refractivity contribution in [2.24, 2.45) is 0 Å². The summed E-state index contributed by atoms with van der Waals surface area (Å²) in [6.07, 6.45) is 0. The van der Waals surface area contributed by atoms with E-state index in [0.717, 1.165) is 9.87 Å². The van der Waals surface area contributed by atoms with E-state index in [0.29, 0.717) is 10.2 Å². The standard InChI is InChI=1S/C28H32BrN3O4S/c1-21(27(34)30-28(2,3)4)31(19-22-12-7-5-8-13-22)26(33)20-32(24-15-11-14-23(29)18-24)37(35,36)25-16-9-6-10-17-25/h5-18,21H,19-20H2,1-4H3,(H,30,34)/t21-/m0/s1. The van der Waals surface area contributed by atoms with Crippen LogP contribution in [0.3, 0.4) is 0 Å². The van der Waals surface area contributed by atoms with Crippen LogP contribution in [-0.2, 0) is 26.2 Å². The van der Waals surface area contributed by atoms with Crippen LogP contribution >= 0.6 is 15.9 Å².